The smallest absolute Gasteiger partial charge is 0.292 e. The van der Waals surface area contributed by atoms with E-state index >= 15 is 0 Å². The number of rotatable bonds is 5. The summed E-state index contributed by atoms with van der Waals surface area (Å²) in [5, 5.41) is 17.6. The highest BCUT2D eigenvalue weighted by Gasteiger charge is 2.17. The van der Waals surface area contributed by atoms with Gasteiger partial charge < -0.3 is 15.5 Å². The molecular formula is C17H19FN4O2. The van der Waals surface area contributed by atoms with E-state index < -0.39 is 4.92 Å². The lowest BCUT2D eigenvalue weighted by Crippen LogP contribution is -2.43. The predicted octanol–water partition coefficient (Wildman–Crippen LogP) is 2.76. The number of piperazine rings is 1. The van der Waals surface area contributed by atoms with Crippen LogP contribution in [0.1, 0.15) is 5.56 Å². The fraction of sp³-hybridized carbons (Fsp3) is 0.294. The molecule has 2 N–H and O–H groups in total. The topological polar surface area (TPSA) is 70.4 Å². The van der Waals surface area contributed by atoms with Crippen molar-refractivity contribution in [3.8, 4) is 0 Å². The number of halogens is 1. The lowest BCUT2D eigenvalue weighted by molar-refractivity contribution is -0.384. The molecule has 1 heterocycles. The maximum Gasteiger partial charge on any atom is 0.292 e. The van der Waals surface area contributed by atoms with Crippen molar-refractivity contribution in [3.63, 3.8) is 0 Å². The molecule has 1 saturated heterocycles. The van der Waals surface area contributed by atoms with Gasteiger partial charge in [0.1, 0.15) is 11.5 Å². The lowest BCUT2D eigenvalue weighted by atomic mass is 10.2. The van der Waals surface area contributed by atoms with Gasteiger partial charge in [0, 0.05) is 44.5 Å². The van der Waals surface area contributed by atoms with Gasteiger partial charge in [-0.2, -0.15) is 0 Å². The van der Waals surface area contributed by atoms with E-state index in [0.717, 1.165) is 37.4 Å². The number of hydrogen-bond acceptors (Lipinski definition) is 5. The molecule has 0 aliphatic carbocycles. The molecule has 0 atom stereocenters. The van der Waals surface area contributed by atoms with Crippen LogP contribution in [-0.2, 0) is 6.54 Å². The summed E-state index contributed by atoms with van der Waals surface area (Å²) in [4.78, 5) is 13.1. The SMILES string of the molecule is O=[N+]([O-])c1ccc(N2CCNCC2)cc1NCc1ccc(F)cc1. The summed E-state index contributed by atoms with van der Waals surface area (Å²) >= 11 is 0. The summed E-state index contributed by atoms with van der Waals surface area (Å²) in [6, 6.07) is 11.2. The first-order valence-corrected chi connectivity index (χ1v) is 7.86. The molecule has 6 nitrogen and oxygen atoms in total. The summed E-state index contributed by atoms with van der Waals surface area (Å²) in [5.41, 5.74) is 2.33. The number of nitrogens with zero attached hydrogens (tertiary/aromatic N) is 2. The molecule has 3 rings (SSSR count). The van der Waals surface area contributed by atoms with E-state index in [1.54, 1.807) is 18.2 Å². The quantitative estimate of drug-likeness (QED) is 0.652. The van der Waals surface area contributed by atoms with E-state index in [4.69, 9.17) is 0 Å². The van der Waals surface area contributed by atoms with Crippen LogP contribution < -0.4 is 15.5 Å². The molecule has 1 aliphatic heterocycles. The molecule has 0 aromatic heterocycles. The van der Waals surface area contributed by atoms with Crippen LogP contribution >= 0.6 is 0 Å². The van der Waals surface area contributed by atoms with Crippen LogP contribution in [0, 0.1) is 15.9 Å². The van der Waals surface area contributed by atoms with Gasteiger partial charge in [0.25, 0.3) is 5.69 Å². The number of nitrogens with one attached hydrogen (secondary N) is 2. The second-order valence-electron chi connectivity index (χ2n) is 5.68. The molecular weight excluding hydrogens is 311 g/mol. The molecule has 0 unspecified atom stereocenters. The second-order valence-corrected chi connectivity index (χ2v) is 5.68. The van der Waals surface area contributed by atoms with Gasteiger partial charge in [0.2, 0.25) is 0 Å². The van der Waals surface area contributed by atoms with Gasteiger partial charge in [-0.3, -0.25) is 10.1 Å². The zero-order chi connectivity index (χ0) is 16.9. The first-order valence-electron chi connectivity index (χ1n) is 7.86. The number of anilines is 2. The van der Waals surface area contributed by atoms with Crippen molar-refractivity contribution in [2.24, 2.45) is 0 Å². The Balaban J connectivity index is 1.80. The molecule has 126 valence electrons. The molecule has 0 spiro atoms. The largest absolute Gasteiger partial charge is 0.375 e. The fourth-order valence-corrected chi connectivity index (χ4v) is 2.74. The van der Waals surface area contributed by atoms with Gasteiger partial charge in [0.05, 0.1) is 4.92 Å². The summed E-state index contributed by atoms with van der Waals surface area (Å²) in [5.74, 6) is -0.301. The highest BCUT2D eigenvalue weighted by atomic mass is 19.1. The van der Waals surface area contributed by atoms with Gasteiger partial charge in [-0.05, 0) is 29.8 Å². The average Bonchev–Trinajstić information content (AvgIpc) is 2.61. The Morgan fingerprint density at radius 1 is 1.17 bits per heavy atom. The summed E-state index contributed by atoms with van der Waals surface area (Å²) in [6.45, 7) is 3.93. The minimum Gasteiger partial charge on any atom is -0.375 e. The van der Waals surface area contributed by atoms with Gasteiger partial charge in [0.15, 0.2) is 0 Å². The zero-order valence-electron chi connectivity index (χ0n) is 13.2. The highest BCUT2D eigenvalue weighted by molar-refractivity contribution is 5.69. The van der Waals surface area contributed by atoms with Gasteiger partial charge in [-0.1, -0.05) is 12.1 Å². The molecule has 1 fully saturated rings. The van der Waals surface area contributed by atoms with Crippen molar-refractivity contribution in [2.45, 2.75) is 6.54 Å². The zero-order valence-corrected chi connectivity index (χ0v) is 13.2. The molecule has 0 radical (unpaired) electrons. The second kappa shape index (κ2) is 7.27. The first kappa shape index (κ1) is 16.2. The monoisotopic (exact) mass is 330 g/mol. The summed E-state index contributed by atoms with van der Waals surface area (Å²) < 4.78 is 13.0. The normalized spacial score (nSPS) is 14.5. The van der Waals surface area contributed by atoms with Crippen LogP contribution in [0.15, 0.2) is 42.5 Å². The Kier molecular flexibility index (Phi) is 4.90. The minimum atomic E-state index is -0.394. The Bertz CT molecular complexity index is 715. The minimum absolute atomic E-state index is 0.0380. The maximum atomic E-state index is 13.0. The van der Waals surface area contributed by atoms with Crippen LogP contribution in [0.4, 0.5) is 21.5 Å². The van der Waals surface area contributed by atoms with Gasteiger partial charge in [-0.25, -0.2) is 4.39 Å². The Morgan fingerprint density at radius 3 is 2.54 bits per heavy atom. The standard InChI is InChI=1S/C17H19FN4O2/c18-14-3-1-13(2-4-14)12-20-16-11-15(5-6-17(16)22(23)24)21-9-7-19-8-10-21/h1-6,11,19-20H,7-10,12H2. The Labute approximate surface area is 139 Å². The maximum absolute atomic E-state index is 13.0. The van der Waals surface area contributed by atoms with Crippen LogP contribution in [0.5, 0.6) is 0 Å². The van der Waals surface area contributed by atoms with E-state index in [1.807, 2.05) is 6.07 Å². The average molecular weight is 330 g/mol. The van der Waals surface area contributed by atoms with Crippen molar-refractivity contribution >= 4 is 17.1 Å². The fourth-order valence-electron chi connectivity index (χ4n) is 2.74. The summed E-state index contributed by atoms with van der Waals surface area (Å²) in [7, 11) is 0. The van der Waals surface area contributed by atoms with Crippen molar-refractivity contribution in [2.75, 3.05) is 36.4 Å². The van der Waals surface area contributed by atoms with Crippen molar-refractivity contribution in [3.05, 3.63) is 64.0 Å². The van der Waals surface area contributed by atoms with E-state index in [0.29, 0.717) is 12.2 Å². The molecule has 7 heteroatoms. The van der Waals surface area contributed by atoms with Crippen LogP contribution in [0.2, 0.25) is 0 Å². The molecule has 24 heavy (non-hydrogen) atoms. The number of hydrogen-bond donors (Lipinski definition) is 2. The third kappa shape index (κ3) is 3.80. The van der Waals surface area contributed by atoms with Crippen molar-refractivity contribution in [1.29, 1.82) is 0 Å². The van der Waals surface area contributed by atoms with E-state index in [1.165, 1.54) is 18.2 Å². The predicted molar refractivity (Wildman–Crippen MR) is 91.9 cm³/mol. The van der Waals surface area contributed by atoms with Crippen LogP contribution in [0.3, 0.4) is 0 Å². The van der Waals surface area contributed by atoms with Gasteiger partial charge >= 0.3 is 0 Å². The number of nitro benzene ring substituents is 1. The molecule has 2 aromatic rings. The molecule has 0 saturated carbocycles. The summed E-state index contributed by atoms with van der Waals surface area (Å²) in [6.07, 6.45) is 0. The highest BCUT2D eigenvalue weighted by Crippen LogP contribution is 2.30. The Hall–Kier alpha value is -2.67. The third-order valence-electron chi connectivity index (χ3n) is 4.06. The molecule has 2 aromatic carbocycles. The van der Waals surface area contributed by atoms with Crippen LogP contribution in [0.25, 0.3) is 0 Å². The van der Waals surface area contributed by atoms with Crippen molar-refractivity contribution < 1.29 is 9.31 Å². The molecule has 0 bridgehead atoms. The number of benzene rings is 2. The third-order valence-corrected chi connectivity index (χ3v) is 4.06. The van der Waals surface area contributed by atoms with E-state index in [9.17, 15) is 14.5 Å². The van der Waals surface area contributed by atoms with Crippen LogP contribution in [-0.4, -0.2) is 31.1 Å². The number of nitro groups is 1. The van der Waals surface area contributed by atoms with E-state index in [2.05, 4.69) is 15.5 Å². The lowest BCUT2D eigenvalue weighted by Gasteiger charge is -2.29. The molecule has 1 aliphatic rings. The molecule has 0 amide bonds. The first-order chi connectivity index (χ1) is 11.6. The Morgan fingerprint density at radius 2 is 1.88 bits per heavy atom. The van der Waals surface area contributed by atoms with Gasteiger partial charge in [-0.15, -0.1) is 0 Å². The van der Waals surface area contributed by atoms with Crippen molar-refractivity contribution in [1.82, 2.24) is 5.32 Å². The van der Waals surface area contributed by atoms with E-state index in [-0.39, 0.29) is 11.5 Å².